The second-order valence-corrected chi connectivity index (χ2v) is 5.94. The molecule has 0 aromatic heterocycles. The lowest BCUT2D eigenvalue weighted by atomic mass is 9.97. The maximum Gasteiger partial charge on any atom is 0.164 e. The number of hydrogen-bond acceptors (Lipinski definition) is 4. The zero-order valence-electron chi connectivity index (χ0n) is 13.7. The average Bonchev–Trinajstić information content (AvgIpc) is 2.55. The number of benzene rings is 1. The van der Waals surface area contributed by atoms with Gasteiger partial charge in [-0.1, -0.05) is 32.1 Å². The zero-order chi connectivity index (χ0) is 15.8. The molecular weight excluding hydrogens is 280 g/mol. The highest BCUT2D eigenvalue weighted by molar-refractivity contribution is 5.45. The van der Waals surface area contributed by atoms with Crippen molar-refractivity contribution in [1.82, 2.24) is 0 Å². The van der Waals surface area contributed by atoms with Gasteiger partial charge >= 0.3 is 0 Å². The fourth-order valence-corrected chi connectivity index (χ4v) is 2.99. The van der Waals surface area contributed by atoms with Gasteiger partial charge in [0.15, 0.2) is 11.5 Å². The van der Waals surface area contributed by atoms with Crippen LogP contribution in [-0.2, 0) is 0 Å². The topological polar surface area (TPSA) is 47.9 Å². The lowest BCUT2D eigenvalue weighted by Crippen LogP contribution is -2.32. The highest BCUT2D eigenvalue weighted by Crippen LogP contribution is 2.32. The first-order chi connectivity index (χ1) is 10.7. The van der Waals surface area contributed by atoms with Crippen LogP contribution >= 0.6 is 0 Å². The Bertz CT molecular complexity index is 447. The molecule has 1 aromatic carbocycles. The Labute approximate surface area is 133 Å². The Hall–Kier alpha value is -1.42. The van der Waals surface area contributed by atoms with E-state index in [9.17, 15) is 5.11 Å². The van der Waals surface area contributed by atoms with Crippen molar-refractivity contribution in [3.63, 3.8) is 0 Å². The number of rotatable bonds is 4. The second-order valence-electron chi connectivity index (χ2n) is 5.94. The summed E-state index contributed by atoms with van der Waals surface area (Å²) < 4.78 is 16.6. The van der Waals surface area contributed by atoms with E-state index in [1.165, 1.54) is 25.7 Å². The third-order valence-electron chi connectivity index (χ3n) is 4.31. The standard InChI is InChI=1S/C18H28O4/c1-20-17-12-11-14(13-18(17)21-2)22-16-10-8-6-4-3-5-7-9-15(16)19/h11-13,15-16,19H,3-10H2,1-2H3. The fraction of sp³-hybridized carbons (Fsp3) is 0.667. The molecule has 0 radical (unpaired) electrons. The number of hydrogen-bond donors (Lipinski definition) is 1. The van der Waals surface area contributed by atoms with Gasteiger partial charge in [0.05, 0.1) is 20.3 Å². The van der Waals surface area contributed by atoms with Crippen LogP contribution in [0.2, 0.25) is 0 Å². The molecule has 4 nitrogen and oxygen atoms in total. The molecule has 1 fully saturated rings. The molecular formula is C18H28O4. The molecule has 4 heteroatoms. The van der Waals surface area contributed by atoms with Crippen LogP contribution in [0, 0.1) is 0 Å². The summed E-state index contributed by atoms with van der Waals surface area (Å²) in [6.07, 6.45) is 8.36. The number of ether oxygens (including phenoxy) is 3. The van der Waals surface area contributed by atoms with E-state index in [0.29, 0.717) is 11.5 Å². The van der Waals surface area contributed by atoms with Gasteiger partial charge in [-0.15, -0.1) is 0 Å². The van der Waals surface area contributed by atoms with E-state index < -0.39 is 6.10 Å². The van der Waals surface area contributed by atoms with E-state index in [0.717, 1.165) is 31.4 Å². The largest absolute Gasteiger partial charge is 0.493 e. The van der Waals surface area contributed by atoms with Crippen molar-refractivity contribution in [1.29, 1.82) is 0 Å². The second kappa shape index (κ2) is 8.89. The van der Waals surface area contributed by atoms with Gasteiger partial charge < -0.3 is 19.3 Å². The summed E-state index contributed by atoms with van der Waals surface area (Å²) in [6, 6.07) is 5.53. The van der Waals surface area contributed by atoms with Crippen molar-refractivity contribution in [3.05, 3.63) is 18.2 Å². The molecule has 2 unspecified atom stereocenters. The van der Waals surface area contributed by atoms with Crippen molar-refractivity contribution in [2.24, 2.45) is 0 Å². The van der Waals surface area contributed by atoms with E-state index >= 15 is 0 Å². The van der Waals surface area contributed by atoms with Gasteiger partial charge in [-0.2, -0.15) is 0 Å². The van der Waals surface area contributed by atoms with Crippen molar-refractivity contribution in [2.75, 3.05) is 14.2 Å². The first-order valence-corrected chi connectivity index (χ1v) is 8.31. The van der Waals surface area contributed by atoms with Crippen LogP contribution in [0.4, 0.5) is 0 Å². The molecule has 2 rings (SSSR count). The van der Waals surface area contributed by atoms with Gasteiger partial charge in [-0.3, -0.25) is 0 Å². The number of methoxy groups -OCH3 is 2. The van der Waals surface area contributed by atoms with Gasteiger partial charge in [-0.05, 0) is 31.4 Å². The Morgan fingerprint density at radius 3 is 2.18 bits per heavy atom. The molecule has 1 saturated carbocycles. The quantitative estimate of drug-likeness (QED) is 0.915. The molecule has 0 spiro atoms. The summed E-state index contributed by atoms with van der Waals surface area (Å²) in [6.45, 7) is 0. The third-order valence-corrected chi connectivity index (χ3v) is 4.31. The molecule has 1 aromatic rings. The van der Waals surface area contributed by atoms with Gasteiger partial charge in [0.25, 0.3) is 0 Å². The predicted octanol–water partition coefficient (Wildman–Crippen LogP) is 3.95. The van der Waals surface area contributed by atoms with Crippen LogP contribution in [0.25, 0.3) is 0 Å². The smallest absolute Gasteiger partial charge is 0.164 e. The monoisotopic (exact) mass is 308 g/mol. The molecule has 0 amide bonds. The van der Waals surface area contributed by atoms with Crippen LogP contribution in [0.1, 0.15) is 51.4 Å². The lowest BCUT2D eigenvalue weighted by Gasteiger charge is -2.25. The minimum atomic E-state index is -0.397. The van der Waals surface area contributed by atoms with Crippen LogP contribution in [0.3, 0.4) is 0 Å². The van der Waals surface area contributed by atoms with Crippen molar-refractivity contribution >= 4 is 0 Å². The molecule has 0 saturated heterocycles. The summed E-state index contributed by atoms with van der Waals surface area (Å²) in [5, 5.41) is 10.4. The van der Waals surface area contributed by atoms with E-state index in [4.69, 9.17) is 14.2 Å². The van der Waals surface area contributed by atoms with E-state index in [1.807, 2.05) is 18.2 Å². The SMILES string of the molecule is COc1ccc(OC2CCCCCCCCC2O)cc1OC. The van der Waals surface area contributed by atoms with Crippen molar-refractivity contribution in [3.8, 4) is 17.2 Å². The lowest BCUT2D eigenvalue weighted by molar-refractivity contribution is 0.0218. The maximum atomic E-state index is 10.4. The summed E-state index contributed by atoms with van der Waals surface area (Å²) in [7, 11) is 3.23. The Kier molecular flexibility index (Phi) is 6.84. The van der Waals surface area contributed by atoms with E-state index in [1.54, 1.807) is 14.2 Å². The number of aliphatic hydroxyl groups is 1. The maximum absolute atomic E-state index is 10.4. The summed E-state index contributed by atoms with van der Waals surface area (Å²) >= 11 is 0. The molecule has 1 aliphatic carbocycles. The van der Waals surface area contributed by atoms with Gasteiger partial charge in [0.2, 0.25) is 0 Å². The van der Waals surface area contributed by atoms with Gasteiger partial charge in [0, 0.05) is 6.07 Å². The Morgan fingerprint density at radius 2 is 1.50 bits per heavy atom. The first kappa shape index (κ1) is 16.9. The molecule has 124 valence electrons. The molecule has 2 atom stereocenters. The molecule has 0 heterocycles. The predicted molar refractivity (Wildman–Crippen MR) is 86.9 cm³/mol. The molecule has 1 N–H and O–H groups in total. The Morgan fingerprint density at radius 1 is 0.864 bits per heavy atom. The normalized spacial score (nSPS) is 23.6. The summed E-state index contributed by atoms with van der Waals surface area (Å²) in [5.74, 6) is 2.05. The first-order valence-electron chi connectivity index (χ1n) is 8.31. The van der Waals surface area contributed by atoms with Crippen LogP contribution < -0.4 is 14.2 Å². The molecule has 0 bridgehead atoms. The van der Waals surface area contributed by atoms with Crippen LogP contribution in [0.5, 0.6) is 17.2 Å². The minimum absolute atomic E-state index is 0.142. The molecule has 22 heavy (non-hydrogen) atoms. The number of aliphatic hydroxyl groups excluding tert-OH is 1. The summed E-state index contributed by atoms with van der Waals surface area (Å²) in [5.41, 5.74) is 0. The minimum Gasteiger partial charge on any atom is -0.493 e. The van der Waals surface area contributed by atoms with Crippen LogP contribution in [-0.4, -0.2) is 31.5 Å². The van der Waals surface area contributed by atoms with Crippen molar-refractivity contribution < 1.29 is 19.3 Å². The average molecular weight is 308 g/mol. The van der Waals surface area contributed by atoms with Gasteiger partial charge in [-0.25, -0.2) is 0 Å². The summed E-state index contributed by atoms with van der Waals surface area (Å²) in [4.78, 5) is 0. The Balaban J connectivity index is 2.04. The highest BCUT2D eigenvalue weighted by atomic mass is 16.5. The van der Waals surface area contributed by atoms with Crippen LogP contribution in [0.15, 0.2) is 18.2 Å². The van der Waals surface area contributed by atoms with Crippen molar-refractivity contribution in [2.45, 2.75) is 63.6 Å². The fourth-order valence-electron chi connectivity index (χ4n) is 2.99. The molecule has 1 aliphatic rings. The van der Waals surface area contributed by atoms with Gasteiger partial charge in [0.1, 0.15) is 11.9 Å². The van der Waals surface area contributed by atoms with E-state index in [2.05, 4.69) is 0 Å². The highest BCUT2D eigenvalue weighted by Gasteiger charge is 2.22. The third kappa shape index (κ3) is 4.80. The van der Waals surface area contributed by atoms with E-state index in [-0.39, 0.29) is 6.10 Å². The zero-order valence-corrected chi connectivity index (χ0v) is 13.7. The molecule has 0 aliphatic heterocycles.